The Bertz CT molecular complexity index is 758. The van der Waals surface area contributed by atoms with E-state index in [-0.39, 0.29) is 5.41 Å². The number of anilines is 1. The predicted molar refractivity (Wildman–Crippen MR) is 80.2 cm³/mol. The molecule has 1 aromatic heterocycles. The van der Waals surface area contributed by atoms with Crippen LogP contribution in [0.15, 0.2) is 27.8 Å². The molecule has 0 amide bonds. The Morgan fingerprint density at radius 2 is 1.85 bits per heavy atom. The van der Waals surface area contributed by atoms with Crippen molar-refractivity contribution in [3.63, 3.8) is 0 Å². The normalized spacial score (nSPS) is 21.2. The van der Waals surface area contributed by atoms with E-state index in [0.29, 0.717) is 17.1 Å². The van der Waals surface area contributed by atoms with Gasteiger partial charge >= 0.3 is 11.1 Å². The Morgan fingerprint density at radius 3 is 2.50 bits per heavy atom. The smallest absolute Gasteiger partial charge is 0.314 e. The van der Waals surface area contributed by atoms with Gasteiger partial charge in [-0.3, -0.25) is 9.59 Å². The third kappa shape index (κ3) is 2.24. The lowest BCUT2D eigenvalue weighted by atomic mass is 9.87. The highest BCUT2D eigenvalue weighted by Crippen LogP contribution is 2.39. The monoisotopic (exact) mass is 273 g/mol. The van der Waals surface area contributed by atoms with E-state index in [1.807, 2.05) is 18.2 Å². The SMILES string of the molecule is CC1(C)CCCC1Nc1ccc2[nH]c(=O)c(=O)[nH]c2c1. The number of H-pyrrole nitrogens is 2. The van der Waals surface area contributed by atoms with Gasteiger partial charge in [0.1, 0.15) is 0 Å². The summed E-state index contributed by atoms with van der Waals surface area (Å²) in [6.45, 7) is 4.55. The number of rotatable bonds is 2. The van der Waals surface area contributed by atoms with Gasteiger partial charge in [0.2, 0.25) is 0 Å². The molecule has 3 rings (SSSR count). The molecule has 0 bridgehead atoms. The molecule has 106 valence electrons. The van der Waals surface area contributed by atoms with Crippen LogP contribution in [0.3, 0.4) is 0 Å². The predicted octanol–water partition coefficient (Wildman–Crippen LogP) is 2.21. The van der Waals surface area contributed by atoms with E-state index in [2.05, 4.69) is 29.1 Å². The topological polar surface area (TPSA) is 77.8 Å². The fourth-order valence-corrected chi connectivity index (χ4v) is 3.00. The highest BCUT2D eigenvalue weighted by atomic mass is 16.2. The highest BCUT2D eigenvalue weighted by Gasteiger charge is 2.34. The largest absolute Gasteiger partial charge is 0.382 e. The van der Waals surface area contributed by atoms with E-state index < -0.39 is 11.1 Å². The highest BCUT2D eigenvalue weighted by molar-refractivity contribution is 5.78. The molecule has 1 aliphatic carbocycles. The van der Waals surface area contributed by atoms with E-state index >= 15 is 0 Å². The first kappa shape index (κ1) is 13.0. The van der Waals surface area contributed by atoms with Crippen molar-refractivity contribution >= 4 is 16.7 Å². The lowest BCUT2D eigenvalue weighted by Crippen LogP contribution is -2.31. The molecule has 0 saturated heterocycles. The first-order chi connectivity index (χ1) is 9.45. The zero-order valence-corrected chi connectivity index (χ0v) is 11.7. The molecule has 5 nitrogen and oxygen atoms in total. The summed E-state index contributed by atoms with van der Waals surface area (Å²) in [5.74, 6) is 0. The molecule has 1 atom stereocenters. The van der Waals surface area contributed by atoms with Crippen LogP contribution in [-0.4, -0.2) is 16.0 Å². The fourth-order valence-electron chi connectivity index (χ4n) is 3.00. The third-order valence-corrected chi connectivity index (χ3v) is 4.32. The minimum Gasteiger partial charge on any atom is -0.382 e. The second-order valence-corrected chi connectivity index (χ2v) is 6.25. The first-order valence-corrected chi connectivity index (χ1v) is 6.99. The maximum atomic E-state index is 11.4. The van der Waals surface area contributed by atoms with Crippen molar-refractivity contribution in [2.24, 2.45) is 5.41 Å². The van der Waals surface area contributed by atoms with E-state index in [4.69, 9.17) is 0 Å². The molecule has 0 aliphatic heterocycles. The lowest BCUT2D eigenvalue weighted by Gasteiger charge is -2.28. The van der Waals surface area contributed by atoms with Crippen LogP contribution in [0.5, 0.6) is 0 Å². The Morgan fingerprint density at radius 1 is 1.15 bits per heavy atom. The molecule has 1 unspecified atom stereocenters. The molecule has 1 heterocycles. The molecular weight excluding hydrogens is 254 g/mol. The van der Waals surface area contributed by atoms with Crippen LogP contribution in [0, 0.1) is 5.41 Å². The maximum Gasteiger partial charge on any atom is 0.314 e. The molecule has 1 fully saturated rings. The molecule has 2 aromatic rings. The minimum atomic E-state index is -0.616. The van der Waals surface area contributed by atoms with Gasteiger partial charge in [-0.15, -0.1) is 0 Å². The van der Waals surface area contributed by atoms with Crippen molar-refractivity contribution < 1.29 is 0 Å². The van der Waals surface area contributed by atoms with Crippen LogP contribution in [-0.2, 0) is 0 Å². The quantitative estimate of drug-likeness (QED) is 0.734. The van der Waals surface area contributed by atoms with Crippen molar-refractivity contribution in [1.82, 2.24) is 9.97 Å². The van der Waals surface area contributed by atoms with E-state index in [0.717, 1.165) is 12.1 Å². The van der Waals surface area contributed by atoms with Gasteiger partial charge in [-0.25, -0.2) is 0 Å². The van der Waals surface area contributed by atoms with Crippen LogP contribution in [0.1, 0.15) is 33.1 Å². The van der Waals surface area contributed by atoms with Gasteiger partial charge in [-0.2, -0.15) is 0 Å². The third-order valence-electron chi connectivity index (χ3n) is 4.32. The van der Waals surface area contributed by atoms with E-state index in [1.54, 1.807) is 0 Å². The van der Waals surface area contributed by atoms with Crippen molar-refractivity contribution in [2.75, 3.05) is 5.32 Å². The fraction of sp³-hybridized carbons (Fsp3) is 0.467. The van der Waals surface area contributed by atoms with Crippen LogP contribution < -0.4 is 16.4 Å². The number of aromatic amines is 2. The Kier molecular flexibility index (Phi) is 2.92. The summed E-state index contributed by atoms with van der Waals surface area (Å²) in [6, 6.07) is 6.07. The summed E-state index contributed by atoms with van der Waals surface area (Å²) in [6.07, 6.45) is 3.62. The minimum absolute atomic E-state index is 0.285. The van der Waals surface area contributed by atoms with E-state index in [1.165, 1.54) is 12.8 Å². The molecule has 0 radical (unpaired) electrons. The summed E-state index contributed by atoms with van der Waals surface area (Å²) < 4.78 is 0. The molecule has 1 saturated carbocycles. The zero-order chi connectivity index (χ0) is 14.3. The number of aromatic nitrogens is 2. The van der Waals surface area contributed by atoms with Gasteiger partial charge in [0.25, 0.3) is 0 Å². The Balaban J connectivity index is 1.95. The van der Waals surface area contributed by atoms with Crippen molar-refractivity contribution in [3.05, 3.63) is 38.9 Å². The molecule has 1 aromatic carbocycles. The summed E-state index contributed by atoms with van der Waals surface area (Å²) in [5, 5.41) is 3.54. The summed E-state index contributed by atoms with van der Waals surface area (Å²) in [5.41, 5.74) is 1.32. The number of nitrogens with one attached hydrogen (secondary N) is 3. The summed E-state index contributed by atoms with van der Waals surface area (Å²) in [4.78, 5) is 27.8. The van der Waals surface area contributed by atoms with Crippen molar-refractivity contribution in [2.45, 2.75) is 39.2 Å². The molecule has 1 aliphatic rings. The number of benzene rings is 1. The number of fused-ring (bicyclic) bond motifs is 1. The van der Waals surface area contributed by atoms with Crippen molar-refractivity contribution in [1.29, 1.82) is 0 Å². The van der Waals surface area contributed by atoms with Gasteiger partial charge in [-0.05, 0) is 36.5 Å². The van der Waals surface area contributed by atoms with Gasteiger partial charge in [0.15, 0.2) is 0 Å². The standard InChI is InChI=1S/C15H19N3O2/c1-15(2)7-3-4-12(15)16-9-5-6-10-11(8-9)18-14(20)13(19)17-10/h5-6,8,12,16H,3-4,7H2,1-2H3,(H,17,19)(H,18,20). The maximum absolute atomic E-state index is 11.4. The molecule has 3 N–H and O–H groups in total. The zero-order valence-electron chi connectivity index (χ0n) is 11.7. The van der Waals surface area contributed by atoms with Crippen LogP contribution >= 0.6 is 0 Å². The summed E-state index contributed by atoms with van der Waals surface area (Å²) in [7, 11) is 0. The van der Waals surface area contributed by atoms with Gasteiger partial charge in [0.05, 0.1) is 11.0 Å². The van der Waals surface area contributed by atoms with Crippen LogP contribution in [0.25, 0.3) is 11.0 Å². The summed E-state index contributed by atoms with van der Waals surface area (Å²) >= 11 is 0. The Hall–Kier alpha value is -2.04. The lowest BCUT2D eigenvalue weighted by molar-refractivity contribution is 0.350. The molecule has 0 spiro atoms. The van der Waals surface area contributed by atoms with Crippen LogP contribution in [0.2, 0.25) is 0 Å². The average Bonchev–Trinajstić information content (AvgIpc) is 2.71. The number of hydrogen-bond acceptors (Lipinski definition) is 3. The number of hydrogen-bond donors (Lipinski definition) is 3. The van der Waals surface area contributed by atoms with Crippen molar-refractivity contribution in [3.8, 4) is 0 Å². The first-order valence-electron chi connectivity index (χ1n) is 6.99. The van der Waals surface area contributed by atoms with Gasteiger partial charge in [-0.1, -0.05) is 20.3 Å². The molecular formula is C15H19N3O2. The second kappa shape index (κ2) is 4.51. The molecule has 5 heteroatoms. The van der Waals surface area contributed by atoms with E-state index in [9.17, 15) is 9.59 Å². The average molecular weight is 273 g/mol. The molecule has 20 heavy (non-hydrogen) atoms. The second-order valence-electron chi connectivity index (χ2n) is 6.25. The Labute approximate surface area is 116 Å². The van der Waals surface area contributed by atoms with Gasteiger partial charge < -0.3 is 15.3 Å². The van der Waals surface area contributed by atoms with Crippen LogP contribution in [0.4, 0.5) is 5.69 Å². The van der Waals surface area contributed by atoms with Gasteiger partial charge in [0, 0.05) is 11.7 Å².